The summed E-state index contributed by atoms with van der Waals surface area (Å²) in [5.41, 5.74) is -0.0745. The lowest BCUT2D eigenvalue weighted by Gasteiger charge is -2.20. The molecule has 1 rings (SSSR count). The van der Waals surface area contributed by atoms with Crippen molar-refractivity contribution in [2.45, 2.75) is 40.2 Å². The van der Waals surface area contributed by atoms with Crippen LogP contribution in [0.3, 0.4) is 0 Å². The number of methoxy groups -OCH3 is 1. The van der Waals surface area contributed by atoms with Gasteiger partial charge in [0, 0.05) is 5.54 Å². The monoisotopic (exact) mass is 337 g/mol. The molecule has 0 heterocycles. The minimum atomic E-state index is -0.590. The van der Waals surface area contributed by atoms with Gasteiger partial charge in [0.1, 0.15) is 0 Å². The third kappa shape index (κ3) is 6.89. The Morgan fingerprint density at radius 3 is 2.38 bits per heavy atom. The fourth-order valence-electron chi connectivity index (χ4n) is 1.84. The van der Waals surface area contributed by atoms with Gasteiger partial charge in [-0.3, -0.25) is 4.79 Å². The molecule has 6 heteroatoms. The van der Waals surface area contributed by atoms with Crippen molar-refractivity contribution in [3.63, 3.8) is 0 Å². The molecule has 134 valence electrons. The zero-order chi connectivity index (χ0) is 18.3. The van der Waals surface area contributed by atoms with Gasteiger partial charge in [0.05, 0.1) is 19.3 Å². The standard InChI is InChI=1S/C18H27NO5/c1-12(2)10-23-14-8-7-13(9-15(14)22-6)17(21)24-11-16(20)19-18(3,4)5/h7-9,12H,10-11H2,1-6H3,(H,19,20). The van der Waals surface area contributed by atoms with E-state index in [1.807, 2.05) is 34.6 Å². The molecule has 1 aromatic carbocycles. The lowest BCUT2D eigenvalue weighted by molar-refractivity contribution is -0.125. The molecule has 0 spiro atoms. The van der Waals surface area contributed by atoms with Crippen LogP contribution in [0.2, 0.25) is 0 Å². The van der Waals surface area contributed by atoms with Crippen LogP contribution in [0.4, 0.5) is 0 Å². The molecule has 0 radical (unpaired) electrons. The summed E-state index contributed by atoms with van der Waals surface area (Å²) in [6, 6.07) is 4.79. The second kappa shape index (κ2) is 8.57. The van der Waals surface area contributed by atoms with Gasteiger partial charge < -0.3 is 19.5 Å². The number of nitrogens with one attached hydrogen (secondary N) is 1. The first-order valence-electron chi connectivity index (χ1n) is 7.91. The fraction of sp³-hybridized carbons (Fsp3) is 0.556. The summed E-state index contributed by atoms with van der Waals surface area (Å²) in [6.45, 7) is 9.87. The number of carbonyl (C=O) groups is 2. The number of esters is 1. The number of carbonyl (C=O) groups excluding carboxylic acids is 2. The Hall–Kier alpha value is -2.24. The van der Waals surface area contributed by atoms with Crippen LogP contribution in [0.15, 0.2) is 18.2 Å². The quantitative estimate of drug-likeness (QED) is 0.775. The van der Waals surface area contributed by atoms with E-state index in [2.05, 4.69) is 5.32 Å². The van der Waals surface area contributed by atoms with Crippen molar-refractivity contribution in [1.29, 1.82) is 0 Å². The number of hydrogen-bond donors (Lipinski definition) is 1. The fourth-order valence-corrected chi connectivity index (χ4v) is 1.84. The van der Waals surface area contributed by atoms with Crippen LogP contribution in [-0.2, 0) is 9.53 Å². The van der Waals surface area contributed by atoms with E-state index in [-0.39, 0.29) is 18.1 Å². The van der Waals surface area contributed by atoms with Crippen molar-refractivity contribution in [2.24, 2.45) is 5.92 Å². The van der Waals surface area contributed by atoms with Gasteiger partial charge in [-0.15, -0.1) is 0 Å². The third-order valence-electron chi connectivity index (χ3n) is 2.82. The average molecular weight is 337 g/mol. The van der Waals surface area contributed by atoms with Crippen molar-refractivity contribution in [2.75, 3.05) is 20.3 Å². The third-order valence-corrected chi connectivity index (χ3v) is 2.82. The maximum Gasteiger partial charge on any atom is 0.338 e. The Morgan fingerprint density at radius 2 is 1.83 bits per heavy atom. The summed E-state index contributed by atoms with van der Waals surface area (Å²) in [6.07, 6.45) is 0. The van der Waals surface area contributed by atoms with Gasteiger partial charge in [-0.2, -0.15) is 0 Å². The van der Waals surface area contributed by atoms with E-state index in [0.29, 0.717) is 29.6 Å². The van der Waals surface area contributed by atoms with Crippen LogP contribution in [0.5, 0.6) is 11.5 Å². The first-order valence-corrected chi connectivity index (χ1v) is 7.91. The van der Waals surface area contributed by atoms with Gasteiger partial charge in [0.25, 0.3) is 5.91 Å². The smallest absolute Gasteiger partial charge is 0.338 e. The molecule has 0 saturated heterocycles. The van der Waals surface area contributed by atoms with Crippen molar-refractivity contribution in [1.82, 2.24) is 5.32 Å². The maximum absolute atomic E-state index is 12.1. The lowest BCUT2D eigenvalue weighted by atomic mass is 10.1. The molecule has 1 aromatic rings. The molecule has 0 atom stereocenters. The Kier molecular flexibility index (Phi) is 7.07. The topological polar surface area (TPSA) is 73.9 Å². The minimum absolute atomic E-state index is 0.298. The molecular formula is C18H27NO5. The molecule has 0 fully saturated rings. The molecule has 0 saturated carbocycles. The summed E-state index contributed by atoms with van der Waals surface area (Å²) < 4.78 is 15.9. The van der Waals surface area contributed by atoms with Crippen LogP contribution in [0.25, 0.3) is 0 Å². The highest BCUT2D eigenvalue weighted by molar-refractivity contribution is 5.92. The Morgan fingerprint density at radius 1 is 1.17 bits per heavy atom. The van der Waals surface area contributed by atoms with E-state index < -0.39 is 5.97 Å². The van der Waals surface area contributed by atoms with E-state index in [1.165, 1.54) is 7.11 Å². The Balaban J connectivity index is 2.69. The van der Waals surface area contributed by atoms with Crippen LogP contribution >= 0.6 is 0 Å². The SMILES string of the molecule is COc1cc(C(=O)OCC(=O)NC(C)(C)C)ccc1OCC(C)C. The van der Waals surface area contributed by atoms with Crippen LogP contribution < -0.4 is 14.8 Å². The Labute approximate surface area is 143 Å². The predicted molar refractivity (Wildman–Crippen MR) is 91.5 cm³/mol. The molecule has 6 nitrogen and oxygen atoms in total. The van der Waals surface area contributed by atoms with Gasteiger partial charge in [0.15, 0.2) is 18.1 Å². The molecule has 0 aromatic heterocycles. The minimum Gasteiger partial charge on any atom is -0.493 e. The van der Waals surface area contributed by atoms with Crippen LogP contribution in [0, 0.1) is 5.92 Å². The van der Waals surface area contributed by atoms with Gasteiger partial charge in [-0.25, -0.2) is 4.79 Å². The van der Waals surface area contributed by atoms with Crippen molar-refractivity contribution >= 4 is 11.9 Å². The van der Waals surface area contributed by atoms with Gasteiger partial charge in [-0.05, 0) is 44.9 Å². The van der Waals surface area contributed by atoms with Crippen molar-refractivity contribution in [3.8, 4) is 11.5 Å². The number of hydrogen-bond acceptors (Lipinski definition) is 5. The summed E-state index contributed by atoms with van der Waals surface area (Å²) in [5.74, 6) is 0.450. The predicted octanol–water partition coefficient (Wildman–Crippen LogP) is 2.80. The summed E-state index contributed by atoms with van der Waals surface area (Å²) in [7, 11) is 1.50. The zero-order valence-electron chi connectivity index (χ0n) is 15.3. The van der Waals surface area contributed by atoms with Crippen molar-refractivity contribution in [3.05, 3.63) is 23.8 Å². The zero-order valence-corrected chi connectivity index (χ0v) is 15.3. The van der Waals surface area contributed by atoms with E-state index in [9.17, 15) is 9.59 Å². The summed E-state index contributed by atoms with van der Waals surface area (Å²) in [5, 5.41) is 2.72. The average Bonchev–Trinajstić information content (AvgIpc) is 2.48. The number of rotatable bonds is 7. The molecule has 24 heavy (non-hydrogen) atoms. The molecule has 0 unspecified atom stereocenters. The van der Waals surface area contributed by atoms with Crippen LogP contribution in [-0.4, -0.2) is 37.7 Å². The Bertz CT molecular complexity index is 575. The maximum atomic E-state index is 12.1. The molecule has 1 N–H and O–H groups in total. The van der Waals surface area contributed by atoms with Gasteiger partial charge in [-0.1, -0.05) is 13.8 Å². The second-order valence-electron chi connectivity index (χ2n) is 6.94. The first kappa shape index (κ1) is 19.8. The highest BCUT2D eigenvalue weighted by Gasteiger charge is 2.17. The van der Waals surface area contributed by atoms with Crippen molar-refractivity contribution < 1.29 is 23.8 Å². The van der Waals surface area contributed by atoms with Gasteiger partial charge in [0.2, 0.25) is 0 Å². The number of ether oxygens (including phenoxy) is 3. The summed E-state index contributed by atoms with van der Waals surface area (Å²) in [4.78, 5) is 23.7. The van der Waals surface area contributed by atoms with E-state index in [0.717, 1.165) is 0 Å². The largest absolute Gasteiger partial charge is 0.493 e. The van der Waals surface area contributed by atoms with E-state index in [4.69, 9.17) is 14.2 Å². The molecule has 0 aliphatic carbocycles. The normalized spacial score (nSPS) is 11.1. The molecule has 1 amide bonds. The highest BCUT2D eigenvalue weighted by Crippen LogP contribution is 2.28. The number of amides is 1. The molecular weight excluding hydrogens is 310 g/mol. The van der Waals surface area contributed by atoms with Gasteiger partial charge >= 0.3 is 5.97 Å². The molecule has 0 aliphatic rings. The van der Waals surface area contributed by atoms with E-state index in [1.54, 1.807) is 18.2 Å². The first-order chi connectivity index (χ1) is 11.1. The number of benzene rings is 1. The second-order valence-corrected chi connectivity index (χ2v) is 6.94. The highest BCUT2D eigenvalue weighted by atomic mass is 16.5. The van der Waals surface area contributed by atoms with E-state index >= 15 is 0 Å². The van der Waals surface area contributed by atoms with Crippen LogP contribution in [0.1, 0.15) is 45.0 Å². The molecule has 0 aliphatic heterocycles. The molecule has 0 bridgehead atoms. The summed E-state index contributed by atoms with van der Waals surface area (Å²) >= 11 is 0. The lowest BCUT2D eigenvalue weighted by Crippen LogP contribution is -2.42.